The van der Waals surface area contributed by atoms with E-state index in [4.69, 9.17) is 0 Å². The number of aryl methyl sites for hydroxylation is 1. The van der Waals surface area contributed by atoms with Crippen molar-refractivity contribution in [3.8, 4) is 5.82 Å². The quantitative estimate of drug-likeness (QED) is 0.399. The van der Waals surface area contributed by atoms with Crippen LogP contribution in [0.1, 0.15) is 17.7 Å². The summed E-state index contributed by atoms with van der Waals surface area (Å²) in [6.07, 6.45) is 4.87. The Balaban J connectivity index is 2.03. The fourth-order valence-corrected chi connectivity index (χ4v) is 3.49. The maximum absolute atomic E-state index is 14.1. The number of pyridine rings is 1. The molecule has 134 valence electrons. The standard InChI is InChI=1S/C17H15F2N5OS/c1-3-8-23-15(25)11-9-20-16(26-2)22-14(11)24(23)12-5-4-10-6-7-17(18,19)13(10)21-12/h3-5,9H,1,6-8H2,2H3. The second kappa shape index (κ2) is 6.01. The normalized spacial score (nSPS) is 15.3. The van der Waals surface area contributed by atoms with Crippen molar-refractivity contribution in [2.45, 2.75) is 30.5 Å². The molecular formula is C17H15F2N5OS. The topological polar surface area (TPSA) is 65.6 Å². The summed E-state index contributed by atoms with van der Waals surface area (Å²) in [5, 5.41) is 0.784. The molecule has 4 rings (SSSR count). The van der Waals surface area contributed by atoms with E-state index in [1.54, 1.807) is 18.2 Å². The molecule has 0 N–H and O–H groups in total. The highest BCUT2D eigenvalue weighted by atomic mass is 32.2. The highest BCUT2D eigenvalue weighted by molar-refractivity contribution is 7.98. The number of hydrogen-bond donors (Lipinski definition) is 0. The predicted molar refractivity (Wildman–Crippen MR) is 95.1 cm³/mol. The lowest BCUT2D eigenvalue weighted by Gasteiger charge is -2.13. The van der Waals surface area contributed by atoms with Gasteiger partial charge in [-0.2, -0.15) is 8.78 Å². The summed E-state index contributed by atoms with van der Waals surface area (Å²) in [4.78, 5) is 25.4. The van der Waals surface area contributed by atoms with E-state index in [1.165, 1.54) is 27.3 Å². The van der Waals surface area contributed by atoms with Gasteiger partial charge in [-0.15, -0.1) is 6.58 Å². The number of fused-ring (bicyclic) bond motifs is 2. The van der Waals surface area contributed by atoms with Gasteiger partial charge >= 0.3 is 0 Å². The van der Waals surface area contributed by atoms with E-state index in [1.807, 2.05) is 6.26 Å². The van der Waals surface area contributed by atoms with Crippen LogP contribution in [-0.2, 0) is 18.9 Å². The number of thioether (sulfide) groups is 1. The molecule has 0 saturated heterocycles. The molecule has 3 heterocycles. The van der Waals surface area contributed by atoms with Crippen molar-refractivity contribution in [2.75, 3.05) is 6.26 Å². The highest BCUT2D eigenvalue weighted by Crippen LogP contribution is 2.40. The molecule has 0 bridgehead atoms. The molecule has 26 heavy (non-hydrogen) atoms. The van der Waals surface area contributed by atoms with Gasteiger partial charge in [0.2, 0.25) is 0 Å². The van der Waals surface area contributed by atoms with Gasteiger partial charge in [0.05, 0.1) is 6.54 Å². The van der Waals surface area contributed by atoms with Crippen molar-refractivity contribution in [1.29, 1.82) is 0 Å². The van der Waals surface area contributed by atoms with Crippen LogP contribution in [0.2, 0.25) is 0 Å². The Kier molecular flexibility index (Phi) is 3.91. The first-order valence-electron chi connectivity index (χ1n) is 7.98. The Hall–Kier alpha value is -2.55. The summed E-state index contributed by atoms with van der Waals surface area (Å²) < 4.78 is 31.1. The molecule has 0 unspecified atom stereocenters. The van der Waals surface area contributed by atoms with Gasteiger partial charge in [-0.05, 0) is 24.3 Å². The Bertz CT molecular complexity index is 1090. The first kappa shape index (κ1) is 16.9. The number of alkyl halides is 2. The molecular weight excluding hydrogens is 360 g/mol. The van der Waals surface area contributed by atoms with E-state index in [0.717, 1.165) is 0 Å². The van der Waals surface area contributed by atoms with E-state index in [0.29, 0.717) is 28.2 Å². The Labute approximate surface area is 151 Å². The highest BCUT2D eigenvalue weighted by Gasteiger charge is 2.41. The summed E-state index contributed by atoms with van der Waals surface area (Å²) in [6.45, 7) is 3.86. The molecule has 0 fully saturated rings. The fraction of sp³-hybridized carbons (Fsp3) is 0.294. The van der Waals surface area contributed by atoms with Crippen LogP contribution in [0.25, 0.3) is 16.9 Å². The molecule has 0 aromatic carbocycles. The SMILES string of the molecule is C=CCn1c(=O)c2cnc(SC)nc2n1-c1ccc2c(n1)C(F)(F)CC2. The summed E-state index contributed by atoms with van der Waals surface area (Å²) in [6, 6.07) is 3.28. The lowest BCUT2D eigenvalue weighted by molar-refractivity contribution is -0.00596. The van der Waals surface area contributed by atoms with Crippen LogP contribution in [0.5, 0.6) is 0 Å². The maximum atomic E-state index is 14.1. The Morgan fingerprint density at radius 2 is 2.19 bits per heavy atom. The van der Waals surface area contributed by atoms with Crippen LogP contribution in [0.4, 0.5) is 8.78 Å². The van der Waals surface area contributed by atoms with Crippen molar-refractivity contribution in [2.24, 2.45) is 0 Å². The molecule has 9 heteroatoms. The molecule has 1 aliphatic carbocycles. The first-order valence-corrected chi connectivity index (χ1v) is 9.21. The lowest BCUT2D eigenvalue weighted by Crippen LogP contribution is -2.23. The molecule has 0 saturated carbocycles. The zero-order chi connectivity index (χ0) is 18.5. The van der Waals surface area contributed by atoms with Gasteiger partial charge in [0, 0.05) is 12.6 Å². The van der Waals surface area contributed by atoms with E-state index >= 15 is 0 Å². The van der Waals surface area contributed by atoms with E-state index in [2.05, 4.69) is 21.5 Å². The van der Waals surface area contributed by atoms with E-state index < -0.39 is 5.92 Å². The van der Waals surface area contributed by atoms with Crippen LogP contribution in [-0.4, -0.2) is 30.6 Å². The lowest BCUT2D eigenvalue weighted by atomic mass is 10.2. The maximum Gasteiger partial charge on any atom is 0.290 e. The molecule has 0 spiro atoms. The fourth-order valence-electron chi connectivity index (χ4n) is 3.16. The van der Waals surface area contributed by atoms with Gasteiger partial charge in [-0.3, -0.25) is 4.79 Å². The number of halogens is 2. The van der Waals surface area contributed by atoms with Gasteiger partial charge in [0.1, 0.15) is 11.1 Å². The van der Waals surface area contributed by atoms with Crippen molar-refractivity contribution >= 4 is 22.8 Å². The summed E-state index contributed by atoms with van der Waals surface area (Å²) in [7, 11) is 0. The summed E-state index contributed by atoms with van der Waals surface area (Å²) in [5.41, 5.74) is 0.326. The van der Waals surface area contributed by atoms with Crippen molar-refractivity contribution in [1.82, 2.24) is 24.3 Å². The van der Waals surface area contributed by atoms with Gasteiger partial charge in [0.25, 0.3) is 11.5 Å². The third kappa shape index (κ3) is 2.45. The zero-order valence-corrected chi connectivity index (χ0v) is 14.8. The molecule has 0 amide bonds. The molecule has 3 aromatic rings. The second-order valence-corrected chi connectivity index (χ2v) is 6.74. The number of nitrogens with zero attached hydrogens (tertiary/aromatic N) is 5. The number of hydrogen-bond acceptors (Lipinski definition) is 5. The van der Waals surface area contributed by atoms with Crippen LogP contribution < -0.4 is 5.56 Å². The molecule has 3 aromatic heterocycles. The molecule has 6 nitrogen and oxygen atoms in total. The monoisotopic (exact) mass is 375 g/mol. The largest absolute Gasteiger partial charge is 0.290 e. The van der Waals surface area contributed by atoms with E-state index in [-0.39, 0.29) is 30.0 Å². The average Bonchev–Trinajstić information content (AvgIpc) is 3.09. The van der Waals surface area contributed by atoms with Crippen molar-refractivity contribution in [3.63, 3.8) is 0 Å². The number of aromatic nitrogens is 5. The average molecular weight is 375 g/mol. The summed E-state index contributed by atoms with van der Waals surface area (Å²) >= 11 is 1.33. The number of allylic oxidation sites excluding steroid dienone is 1. The van der Waals surface area contributed by atoms with Crippen molar-refractivity contribution < 1.29 is 8.78 Å². The molecule has 0 radical (unpaired) electrons. The number of rotatable bonds is 4. The minimum Gasteiger partial charge on any atom is -0.267 e. The first-order chi connectivity index (χ1) is 12.5. The van der Waals surface area contributed by atoms with Gasteiger partial charge in [-0.1, -0.05) is 23.9 Å². The van der Waals surface area contributed by atoms with Crippen LogP contribution in [0.3, 0.4) is 0 Å². The van der Waals surface area contributed by atoms with Gasteiger partial charge in [-0.25, -0.2) is 24.3 Å². The third-order valence-electron chi connectivity index (χ3n) is 4.37. The zero-order valence-electron chi connectivity index (χ0n) is 13.9. The Morgan fingerprint density at radius 3 is 2.92 bits per heavy atom. The molecule has 0 aliphatic heterocycles. The molecule has 0 atom stereocenters. The summed E-state index contributed by atoms with van der Waals surface area (Å²) in [5.74, 6) is -2.73. The smallest absolute Gasteiger partial charge is 0.267 e. The minimum absolute atomic E-state index is 0.193. The van der Waals surface area contributed by atoms with Crippen LogP contribution in [0, 0.1) is 0 Å². The van der Waals surface area contributed by atoms with Crippen LogP contribution >= 0.6 is 11.8 Å². The van der Waals surface area contributed by atoms with E-state index in [9.17, 15) is 13.6 Å². The van der Waals surface area contributed by atoms with Gasteiger partial charge < -0.3 is 0 Å². The molecule has 1 aliphatic rings. The van der Waals surface area contributed by atoms with Crippen LogP contribution in [0.15, 0.2) is 40.9 Å². The predicted octanol–water partition coefficient (Wildman–Crippen LogP) is 2.92. The second-order valence-electron chi connectivity index (χ2n) is 5.96. The Morgan fingerprint density at radius 1 is 1.38 bits per heavy atom. The van der Waals surface area contributed by atoms with Gasteiger partial charge in [0.15, 0.2) is 16.6 Å². The minimum atomic E-state index is -2.96. The third-order valence-corrected chi connectivity index (χ3v) is 4.94. The van der Waals surface area contributed by atoms with Crippen molar-refractivity contribution in [3.05, 3.63) is 52.6 Å².